The molecule has 1 unspecified atom stereocenters. The number of rotatable bonds is 5. The first kappa shape index (κ1) is 18.6. The molecule has 3 heterocycles. The topological polar surface area (TPSA) is 57.7 Å². The van der Waals surface area contributed by atoms with Crippen LogP contribution in [0.4, 0.5) is 0 Å². The number of hydrogen-bond acceptors (Lipinski definition) is 5. The van der Waals surface area contributed by atoms with Crippen molar-refractivity contribution in [3.63, 3.8) is 0 Å². The maximum absolute atomic E-state index is 9.02. The Morgan fingerprint density at radius 3 is 2.82 bits per heavy atom. The number of aromatic nitrogens is 3. The lowest BCUT2D eigenvalue weighted by atomic mass is 10.1. The van der Waals surface area contributed by atoms with Gasteiger partial charge in [-0.1, -0.05) is 17.7 Å². The summed E-state index contributed by atoms with van der Waals surface area (Å²) in [6, 6.07) is 13.8. The predicted molar refractivity (Wildman–Crippen MR) is 112 cm³/mol. The zero-order chi connectivity index (χ0) is 19.5. The van der Waals surface area contributed by atoms with Gasteiger partial charge in [-0.05, 0) is 48.2 Å². The second kappa shape index (κ2) is 8.09. The molecule has 3 aromatic rings. The summed E-state index contributed by atoms with van der Waals surface area (Å²) in [5, 5.41) is 16.6. The number of nitrogens with zero attached hydrogens (tertiary/aromatic N) is 5. The zero-order valence-corrected chi connectivity index (χ0v) is 16.8. The minimum atomic E-state index is 0.255. The summed E-state index contributed by atoms with van der Waals surface area (Å²) in [7, 11) is 0. The van der Waals surface area contributed by atoms with E-state index in [1.165, 1.54) is 5.56 Å². The standard InChI is InChI=1S/C21H18ClN5S/c1-15(27-10-11-28-21(27)16-4-7-24-8-5-16)14-26-9-6-20(25-26)17-2-3-18(13-23)19(22)12-17/h2-12,15,21H,14H2,1H3/t15?,21-/m0/s1. The summed E-state index contributed by atoms with van der Waals surface area (Å²) >= 11 is 7.95. The van der Waals surface area contributed by atoms with Crippen LogP contribution in [0.25, 0.3) is 11.3 Å². The van der Waals surface area contributed by atoms with Gasteiger partial charge in [0.1, 0.15) is 11.4 Å². The highest BCUT2D eigenvalue weighted by Crippen LogP contribution is 2.40. The van der Waals surface area contributed by atoms with Crippen molar-refractivity contribution < 1.29 is 0 Å². The fourth-order valence-electron chi connectivity index (χ4n) is 3.23. The minimum absolute atomic E-state index is 0.255. The van der Waals surface area contributed by atoms with E-state index in [4.69, 9.17) is 22.0 Å². The van der Waals surface area contributed by atoms with Crippen LogP contribution in [0.15, 0.2) is 66.6 Å². The van der Waals surface area contributed by atoms with Gasteiger partial charge in [0.25, 0.3) is 0 Å². The van der Waals surface area contributed by atoms with Crippen LogP contribution in [0, 0.1) is 11.3 Å². The molecule has 2 atom stereocenters. The van der Waals surface area contributed by atoms with E-state index in [1.807, 2.05) is 35.4 Å². The summed E-state index contributed by atoms with van der Waals surface area (Å²) < 4.78 is 1.95. The largest absolute Gasteiger partial charge is 0.356 e. The second-order valence-corrected chi connectivity index (χ2v) is 7.98. The molecule has 5 nitrogen and oxygen atoms in total. The molecule has 0 aliphatic carbocycles. The Bertz CT molecular complexity index is 1040. The maximum Gasteiger partial charge on any atom is 0.104 e. The summed E-state index contributed by atoms with van der Waals surface area (Å²) in [6.07, 6.45) is 7.79. The Balaban J connectivity index is 1.48. The van der Waals surface area contributed by atoms with E-state index in [1.54, 1.807) is 23.9 Å². The van der Waals surface area contributed by atoms with Crippen molar-refractivity contribution in [1.82, 2.24) is 19.7 Å². The molecule has 7 heteroatoms. The average Bonchev–Trinajstić information content (AvgIpc) is 3.38. The van der Waals surface area contributed by atoms with Crippen LogP contribution >= 0.6 is 23.4 Å². The van der Waals surface area contributed by atoms with Gasteiger partial charge in [0, 0.05) is 36.4 Å². The Morgan fingerprint density at radius 2 is 2.07 bits per heavy atom. The third kappa shape index (κ3) is 3.77. The molecule has 140 valence electrons. The van der Waals surface area contributed by atoms with Crippen molar-refractivity contribution in [2.75, 3.05) is 0 Å². The molecule has 1 aromatic carbocycles. The van der Waals surface area contributed by atoms with Gasteiger partial charge in [-0.2, -0.15) is 10.4 Å². The van der Waals surface area contributed by atoms with Gasteiger partial charge in [-0.3, -0.25) is 9.67 Å². The van der Waals surface area contributed by atoms with Crippen molar-refractivity contribution in [3.8, 4) is 17.3 Å². The van der Waals surface area contributed by atoms with Crippen molar-refractivity contribution in [2.45, 2.75) is 24.9 Å². The number of thioether (sulfide) groups is 1. The highest BCUT2D eigenvalue weighted by molar-refractivity contribution is 8.02. The third-order valence-corrected chi connectivity index (χ3v) is 6.05. The summed E-state index contributed by atoms with van der Waals surface area (Å²) in [4.78, 5) is 6.46. The molecule has 0 amide bonds. The maximum atomic E-state index is 9.02. The molecule has 0 saturated carbocycles. The molecule has 1 aliphatic heterocycles. The third-order valence-electron chi connectivity index (χ3n) is 4.69. The fraction of sp³-hybridized carbons (Fsp3) is 0.190. The van der Waals surface area contributed by atoms with Gasteiger partial charge in [-0.15, -0.1) is 11.8 Å². The molecule has 0 bridgehead atoms. The quantitative estimate of drug-likeness (QED) is 0.590. The summed E-state index contributed by atoms with van der Waals surface area (Å²) in [5.41, 5.74) is 3.46. The summed E-state index contributed by atoms with van der Waals surface area (Å²) in [6.45, 7) is 2.96. The molecule has 0 spiro atoms. The van der Waals surface area contributed by atoms with Crippen LogP contribution in [-0.4, -0.2) is 25.7 Å². The highest BCUT2D eigenvalue weighted by atomic mass is 35.5. The molecule has 28 heavy (non-hydrogen) atoms. The SMILES string of the molecule is CC(Cn1ccc(-c2ccc(C#N)c(Cl)c2)n1)N1C=CS[C@H]1c1ccncc1. The Labute approximate surface area is 173 Å². The van der Waals surface area contributed by atoms with E-state index in [2.05, 4.69) is 46.6 Å². The van der Waals surface area contributed by atoms with E-state index in [9.17, 15) is 0 Å². The molecule has 1 aliphatic rings. The monoisotopic (exact) mass is 407 g/mol. The van der Waals surface area contributed by atoms with Gasteiger partial charge < -0.3 is 4.90 Å². The molecular formula is C21H18ClN5S. The Kier molecular flexibility index (Phi) is 5.38. The van der Waals surface area contributed by atoms with E-state index >= 15 is 0 Å². The van der Waals surface area contributed by atoms with Crippen LogP contribution in [0.2, 0.25) is 5.02 Å². The summed E-state index contributed by atoms with van der Waals surface area (Å²) in [5.74, 6) is 0. The lowest BCUT2D eigenvalue weighted by molar-refractivity contribution is 0.252. The fourth-order valence-corrected chi connectivity index (χ4v) is 4.55. The van der Waals surface area contributed by atoms with Crippen molar-refractivity contribution in [3.05, 3.63) is 82.7 Å². The first-order chi connectivity index (χ1) is 13.7. The minimum Gasteiger partial charge on any atom is -0.356 e. The zero-order valence-electron chi connectivity index (χ0n) is 15.2. The highest BCUT2D eigenvalue weighted by Gasteiger charge is 2.26. The van der Waals surface area contributed by atoms with Gasteiger partial charge in [-0.25, -0.2) is 0 Å². The first-order valence-corrected chi connectivity index (χ1v) is 10.2. The van der Waals surface area contributed by atoms with Crippen LogP contribution in [-0.2, 0) is 6.54 Å². The Morgan fingerprint density at radius 1 is 1.25 bits per heavy atom. The molecular weight excluding hydrogens is 390 g/mol. The molecule has 0 saturated heterocycles. The van der Waals surface area contributed by atoms with Crippen LogP contribution in [0.5, 0.6) is 0 Å². The van der Waals surface area contributed by atoms with Crippen molar-refractivity contribution in [1.29, 1.82) is 5.26 Å². The molecule has 4 rings (SSSR count). The van der Waals surface area contributed by atoms with Crippen LogP contribution in [0.3, 0.4) is 0 Å². The Hall–Kier alpha value is -2.75. The number of hydrogen-bond donors (Lipinski definition) is 0. The number of nitriles is 1. The average molecular weight is 408 g/mol. The first-order valence-electron chi connectivity index (χ1n) is 8.88. The predicted octanol–water partition coefficient (Wildman–Crippen LogP) is 5.08. The number of benzene rings is 1. The van der Waals surface area contributed by atoms with E-state index < -0.39 is 0 Å². The van der Waals surface area contributed by atoms with E-state index in [0.717, 1.165) is 17.8 Å². The van der Waals surface area contributed by atoms with Crippen LogP contribution in [0.1, 0.15) is 23.4 Å². The van der Waals surface area contributed by atoms with Gasteiger partial charge in [0.2, 0.25) is 0 Å². The molecule has 0 N–H and O–H groups in total. The van der Waals surface area contributed by atoms with Gasteiger partial charge >= 0.3 is 0 Å². The normalized spacial score (nSPS) is 16.9. The lowest BCUT2D eigenvalue weighted by Gasteiger charge is -2.31. The van der Waals surface area contributed by atoms with Crippen molar-refractivity contribution in [2.24, 2.45) is 0 Å². The smallest absolute Gasteiger partial charge is 0.104 e. The number of pyridine rings is 1. The second-order valence-electron chi connectivity index (χ2n) is 6.58. The van der Waals surface area contributed by atoms with Gasteiger partial charge in [0.15, 0.2) is 0 Å². The molecule has 2 aromatic heterocycles. The molecule has 0 radical (unpaired) electrons. The molecule has 0 fully saturated rings. The van der Waals surface area contributed by atoms with Crippen LogP contribution < -0.4 is 0 Å². The van der Waals surface area contributed by atoms with E-state index in [-0.39, 0.29) is 11.4 Å². The van der Waals surface area contributed by atoms with E-state index in [0.29, 0.717) is 10.6 Å². The van der Waals surface area contributed by atoms with Crippen molar-refractivity contribution >= 4 is 23.4 Å². The van der Waals surface area contributed by atoms with Gasteiger partial charge in [0.05, 0.1) is 22.8 Å². The number of halogens is 1. The lowest BCUT2D eigenvalue weighted by Crippen LogP contribution is -2.32.